The van der Waals surface area contributed by atoms with Gasteiger partial charge in [-0.25, -0.2) is 0 Å². The highest BCUT2D eigenvalue weighted by atomic mass is 32.2. The Hall–Kier alpha value is -1.80. The molecule has 148 valence electrons. The van der Waals surface area contributed by atoms with Gasteiger partial charge in [0.25, 0.3) is 5.69 Å². The average Bonchev–Trinajstić information content (AvgIpc) is 3.12. The molecule has 1 saturated heterocycles. The number of thioether (sulfide) groups is 1. The van der Waals surface area contributed by atoms with Crippen LogP contribution >= 0.6 is 11.8 Å². The number of nitro benzene ring substituents is 1. The van der Waals surface area contributed by atoms with Crippen molar-refractivity contribution in [3.8, 4) is 0 Å². The number of esters is 1. The molecule has 1 atom stereocenters. The molecule has 0 amide bonds. The number of hydrogen-bond donors (Lipinski definition) is 0. The van der Waals surface area contributed by atoms with Crippen LogP contribution in [0.1, 0.15) is 26.7 Å². The Labute approximate surface area is 164 Å². The Bertz CT molecular complexity index is 698. The Balaban J connectivity index is 1.60. The standard InChI is InChI=1S/C19H27N3O4S/c1-14(2)13-26-19(23)17-4-3-7-20(17)8-9-21-10-11-27-18-12-15(22(24)25)5-6-16(18)21/h5-6,12,14,17H,3-4,7-11,13H2,1-2H3/t17-/m0/s1. The maximum atomic E-state index is 12.4. The summed E-state index contributed by atoms with van der Waals surface area (Å²) in [5.41, 5.74) is 1.19. The first-order valence-electron chi connectivity index (χ1n) is 9.52. The van der Waals surface area contributed by atoms with E-state index in [4.69, 9.17) is 4.74 Å². The van der Waals surface area contributed by atoms with Crippen LogP contribution in [0, 0.1) is 16.0 Å². The van der Waals surface area contributed by atoms with E-state index in [9.17, 15) is 14.9 Å². The summed E-state index contributed by atoms with van der Waals surface area (Å²) >= 11 is 1.66. The zero-order valence-corrected chi connectivity index (χ0v) is 16.7. The predicted molar refractivity (Wildman–Crippen MR) is 106 cm³/mol. The van der Waals surface area contributed by atoms with Crippen molar-refractivity contribution in [2.75, 3.05) is 43.4 Å². The highest BCUT2D eigenvalue weighted by Gasteiger charge is 2.32. The molecule has 2 aliphatic heterocycles. The number of nitro groups is 1. The molecule has 1 aromatic rings. The first-order valence-corrected chi connectivity index (χ1v) is 10.5. The van der Waals surface area contributed by atoms with Gasteiger partial charge in [0.15, 0.2) is 0 Å². The van der Waals surface area contributed by atoms with Crippen LogP contribution in [0.2, 0.25) is 0 Å². The number of carbonyl (C=O) groups excluding carboxylic acids is 1. The van der Waals surface area contributed by atoms with Crippen LogP contribution < -0.4 is 4.90 Å². The van der Waals surface area contributed by atoms with Gasteiger partial charge in [-0.2, -0.15) is 0 Å². The van der Waals surface area contributed by atoms with Crippen LogP contribution in [0.4, 0.5) is 11.4 Å². The molecule has 8 heteroatoms. The van der Waals surface area contributed by atoms with E-state index < -0.39 is 0 Å². The zero-order chi connectivity index (χ0) is 19.4. The van der Waals surface area contributed by atoms with Gasteiger partial charge in [-0.1, -0.05) is 13.8 Å². The minimum absolute atomic E-state index is 0.105. The van der Waals surface area contributed by atoms with E-state index in [0.717, 1.165) is 55.4 Å². The normalized spacial score (nSPS) is 20.0. The molecule has 0 unspecified atom stereocenters. The average molecular weight is 394 g/mol. The van der Waals surface area contributed by atoms with Gasteiger partial charge in [-0.3, -0.25) is 19.8 Å². The van der Waals surface area contributed by atoms with Crippen LogP contribution in [0.15, 0.2) is 23.1 Å². The minimum Gasteiger partial charge on any atom is -0.464 e. The molecule has 2 heterocycles. The maximum absolute atomic E-state index is 12.4. The lowest BCUT2D eigenvalue weighted by Crippen LogP contribution is -2.43. The highest BCUT2D eigenvalue weighted by molar-refractivity contribution is 7.99. The molecule has 3 rings (SSSR count). The van der Waals surface area contributed by atoms with E-state index in [2.05, 4.69) is 9.80 Å². The van der Waals surface area contributed by atoms with Crippen molar-refractivity contribution in [1.82, 2.24) is 4.90 Å². The van der Waals surface area contributed by atoms with Gasteiger partial charge in [0.05, 0.1) is 17.2 Å². The monoisotopic (exact) mass is 393 g/mol. The van der Waals surface area contributed by atoms with Gasteiger partial charge in [0.1, 0.15) is 6.04 Å². The lowest BCUT2D eigenvalue weighted by Gasteiger charge is -2.33. The molecule has 0 saturated carbocycles. The van der Waals surface area contributed by atoms with Crippen LogP contribution in [-0.2, 0) is 9.53 Å². The van der Waals surface area contributed by atoms with Crippen molar-refractivity contribution in [2.45, 2.75) is 37.6 Å². The van der Waals surface area contributed by atoms with Gasteiger partial charge >= 0.3 is 5.97 Å². The first kappa shape index (κ1) is 19.9. The van der Waals surface area contributed by atoms with Crippen molar-refractivity contribution in [3.05, 3.63) is 28.3 Å². The van der Waals surface area contributed by atoms with Gasteiger partial charge in [0.2, 0.25) is 0 Å². The molecular formula is C19H27N3O4S. The molecule has 1 fully saturated rings. The van der Waals surface area contributed by atoms with Gasteiger partial charge in [0, 0.05) is 42.4 Å². The summed E-state index contributed by atoms with van der Waals surface area (Å²) in [6.45, 7) is 7.97. The number of non-ortho nitro benzene ring substituents is 1. The molecule has 1 aromatic carbocycles. The third-order valence-electron chi connectivity index (χ3n) is 4.97. The fraction of sp³-hybridized carbons (Fsp3) is 0.632. The summed E-state index contributed by atoms with van der Waals surface area (Å²) in [6.07, 6.45) is 1.87. The number of fused-ring (bicyclic) bond motifs is 1. The van der Waals surface area contributed by atoms with E-state index in [0.29, 0.717) is 12.5 Å². The van der Waals surface area contributed by atoms with E-state index in [1.807, 2.05) is 19.9 Å². The summed E-state index contributed by atoms with van der Waals surface area (Å²) in [4.78, 5) is 28.5. The first-order chi connectivity index (χ1) is 13.0. The lowest BCUT2D eigenvalue weighted by molar-refractivity contribution is -0.385. The van der Waals surface area contributed by atoms with Crippen molar-refractivity contribution in [1.29, 1.82) is 0 Å². The number of likely N-dealkylation sites (tertiary alicyclic amines) is 1. The van der Waals surface area contributed by atoms with Crippen LogP contribution in [0.25, 0.3) is 0 Å². The van der Waals surface area contributed by atoms with Crippen molar-refractivity contribution in [3.63, 3.8) is 0 Å². The quantitative estimate of drug-likeness (QED) is 0.400. The van der Waals surface area contributed by atoms with E-state index in [1.165, 1.54) is 0 Å². The lowest BCUT2D eigenvalue weighted by atomic mass is 10.2. The number of hydrogen-bond acceptors (Lipinski definition) is 7. The van der Waals surface area contributed by atoms with Crippen LogP contribution in [0.5, 0.6) is 0 Å². The number of benzene rings is 1. The molecule has 27 heavy (non-hydrogen) atoms. The number of anilines is 1. The molecular weight excluding hydrogens is 366 g/mol. The second-order valence-corrected chi connectivity index (χ2v) is 8.60. The second kappa shape index (κ2) is 8.93. The maximum Gasteiger partial charge on any atom is 0.323 e. The molecule has 2 aliphatic rings. The summed E-state index contributed by atoms with van der Waals surface area (Å²) in [7, 11) is 0. The third-order valence-corrected chi connectivity index (χ3v) is 5.99. The molecule has 0 bridgehead atoms. The molecule has 0 N–H and O–H groups in total. The van der Waals surface area contributed by atoms with E-state index in [-0.39, 0.29) is 22.6 Å². The van der Waals surface area contributed by atoms with Crippen molar-refractivity contribution in [2.24, 2.45) is 5.92 Å². The Morgan fingerprint density at radius 3 is 2.93 bits per heavy atom. The fourth-order valence-corrected chi connectivity index (χ4v) is 4.65. The van der Waals surface area contributed by atoms with Crippen molar-refractivity contribution >= 4 is 29.1 Å². The van der Waals surface area contributed by atoms with Gasteiger partial charge < -0.3 is 9.64 Å². The Morgan fingerprint density at radius 2 is 2.19 bits per heavy atom. The van der Waals surface area contributed by atoms with Crippen LogP contribution in [-0.4, -0.2) is 60.4 Å². The summed E-state index contributed by atoms with van der Waals surface area (Å²) < 4.78 is 5.44. The highest BCUT2D eigenvalue weighted by Crippen LogP contribution is 2.37. The fourth-order valence-electron chi connectivity index (χ4n) is 3.57. The second-order valence-electron chi connectivity index (χ2n) is 7.46. The molecule has 0 aliphatic carbocycles. The summed E-state index contributed by atoms with van der Waals surface area (Å²) in [6, 6.07) is 4.94. The Kier molecular flexibility index (Phi) is 6.59. The number of nitrogens with zero attached hydrogens (tertiary/aromatic N) is 3. The number of carbonyl (C=O) groups is 1. The third kappa shape index (κ3) is 4.93. The SMILES string of the molecule is CC(C)COC(=O)[C@@H]1CCCN1CCN1CCSc2cc([N+](=O)[O-])ccc21. The minimum atomic E-state index is -0.350. The number of rotatable bonds is 7. The predicted octanol–water partition coefficient (Wildman–Crippen LogP) is 3.17. The van der Waals surface area contributed by atoms with Gasteiger partial charge in [-0.15, -0.1) is 11.8 Å². The molecule has 0 radical (unpaired) electrons. The Morgan fingerprint density at radius 1 is 1.37 bits per heavy atom. The van der Waals surface area contributed by atoms with E-state index in [1.54, 1.807) is 23.9 Å². The molecule has 0 aromatic heterocycles. The largest absolute Gasteiger partial charge is 0.464 e. The summed E-state index contributed by atoms with van der Waals surface area (Å²) in [5.74, 6) is 1.15. The van der Waals surface area contributed by atoms with Crippen LogP contribution in [0.3, 0.4) is 0 Å². The topological polar surface area (TPSA) is 75.9 Å². The smallest absolute Gasteiger partial charge is 0.323 e. The number of ether oxygens (including phenoxy) is 1. The summed E-state index contributed by atoms with van der Waals surface area (Å²) in [5, 5.41) is 11.0. The van der Waals surface area contributed by atoms with Crippen molar-refractivity contribution < 1.29 is 14.5 Å². The van der Waals surface area contributed by atoms with Gasteiger partial charge in [-0.05, 0) is 31.4 Å². The zero-order valence-electron chi connectivity index (χ0n) is 15.9. The molecule has 0 spiro atoms. The molecule has 7 nitrogen and oxygen atoms in total. The van der Waals surface area contributed by atoms with E-state index >= 15 is 0 Å².